The van der Waals surface area contributed by atoms with Crippen LogP contribution in [0.5, 0.6) is 0 Å². The number of rotatable bonds is 3. The molecule has 7 aromatic carbocycles. The number of hydrogen-bond acceptors (Lipinski definition) is 0. The Labute approximate surface area is 212 Å². The highest BCUT2D eigenvalue weighted by Crippen LogP contribution is 2.47. The van der Waals surface area contributed by atoms with Crippen LogP contribution in [0.4, 0.5) is 0 Å². The molecule has 0 heterocycles. The van der Waals surface area contributed by atoms with Gasteiger partial charge in [-0.15, -0.1) is 0 Å². The Morgan fingerprint density at radius 1 is 0.343 bits per heavy atom. The molecule has 0 aromatic heterocycles. The van der Waals surface area contributed by atoms with E-state index in [4.69, 9.17) is 0 Å². The van der Waals surface area contributed by atoms with E-state index in [2.05, 4.69) is 143 Å². The monoisotopic (exact) mass is 508 g/mol. The molecule has 0 amide bonds. The smallest absolute Gasteiger partial charge is 0.0260 e. The molecule has 0 aliphatic rings. The molecule has 1 heteroatoms. The lowest BCUT2D eigenvalue weighted by Gasteiger charge is -2.20. The van der Waals surface area contributed by atoms with Gasteiger partial charge in [-0.1, -0.05) is 131 Å². The largest absolute Gasteiger partial charge is 0.0622 e. The van der Waals surface area contributed by atoms with Gasteiger partial charge in [-0.3, -0.25) is 0 Å². The van der Waals surface area contributed by atoms with E-state index in [0.717, 1.165) is 4.47 Å². The molecule has 7 aromatic rings. The van der Waals surface area contributed by atoms with E-state index in [1.165, 1.54) is 65.7 Å². The number of halogens is 1. The van der Waals surface area contributed by atoms with Gasteiger partial charge in [-0.05, 0) is 77.8 Å². The van der Waals surface area contributed by atoms with E-state index in [0.29, 0.717) is 0 Å². The summed E-state index contributed by atoms with van der Waals surface area (Å²) >= 11 is 3.92. The molecule has 0 fully saturated rings. The predicted molar refractivity (Wildman–Crippen MR) is 154 cm³/mol. The van der Waals surface area contributed by atoms with E-state index in [1.54, 1.807) is 0 Å². The molecule has 0 unspecified atom stereocenters. The molecule has 0 aliphatic carbocycles. The highest BCUT2D eigenvalue weighted by atomic mass is 79.9. The van der Waals surface area contributed by atoms with E-state index in [-0.39, 0.29) is 0 Å². The minimum Gasteiger partial charge on any atom is -0.0622 e. The summed E-state index contributed by atoms with van der Waals surface area (Å²) in [5, 5.41) is 7.78. The van der Waals surface area contributed by atoms with Crippen molar-refractivity contribution in [1.82, 2.24) is 0 Å². The van der Waals surface area contributed by atoms with Gasteiger partial charge in [-0.25, -0.2) is 0 Å². The van der Waals surface area contributed by atoms with Crippen molar-refractivity contribution in [2.75, 3.05) is 0 Å². The Hall–Kier alpha value is -3.94. The fraction of sp³-hybridized carbons (Fsp3) is 0. The second-order valence-electron chi connectivity index (χ2n) is 9.05. The van der Waals surface area contributed by atoms with Gasteiger partial charge in [0.15, 0.2) is 0 Å². The van der Waals surface area contributed by atoms with Crippen LogP contribution in [0, 0.1) is 0 Å². The first kappa shape index (κ1) is 20.4. The Morgan fingerprint density at radius 3 is 1.11 bits per heavy atom. The first-order chi connectivity index (χ1) is 17.3. The molecule has 0 radical (unpaired) electrons. The lowest BCUT2D eigenvalue weighted by Crippen LogP contribution is -1.93. The highest BCUT2D eigenvalue weighted by molar-refractivity contribution is 9.10. The highest BCUT2D eigenvalue weighted by Gasteiger charge is 2.19. The third-order valence-corrected chi connectivity index (χ3v) is 7.76. The van der Waals surface area contributed by atoms with Crippen LogP contribution in [0.15, 0.2) is 132 Å². The van der Waals surface area contributed by atoms with Crippen LogP contribution in [0.1, 0.15) is 0 Å². The molecule has 0 N–H and O–H groups in total. The van der Waals surface area contributed by atoms with Gasteiger partial charge < -0.3 is 0 Å². The standard InChI is InChI=1S/C34H21Br/c35-32-21-31(24-14-8-3-9-15-24)27-17-16-25-29(22-10-4-1-5-11-22)20-30(23-12-6-2-7-13-23)26-18-19-28(32)34(27)33(25)26/h1-21H. The lowest BCUT2D eigenvalue weighted by atomic mass is 9.84. The average Bonchev–Trinajstić information content (AvgIpc) is 2.93. The third-order valence-electron chi connectivity index (χ3n) is 7.10. The molecule has 0 saturated carbocycles. The van der Waals surface area contributed by atoms with Crippen molar-refractivity contribution in [3.63, 3.8) is 0 Å². The molecule has 0 saturated heterocycles. The van der Waals surface area contributed by atoms with Crippen LogP contribution in [0.2, 0.25) is 0 Å². The van der Waals surface area contributed by atoms with Crippen molar-refractivity contribution in [2.24, 2.45) is 0 Å². The lowest BCUT2D eigenvalue weighted by molar-refractivity contribution is 1.63. The summed E-state index contributed by atoms with van der Waals surface area (Å²) in [6, 6.07) is 46.1. The molecule has 0 bridgehead atoms. The Balaban J connectivity index is 1.70. The first-order valence-electron chi connectivity index (χ1n) is 11.9. The van der Waals surface area contributed by atoms with Crippen LogP contribution in [-0.2, 0) is 0 Å². The van der Waals surface area contributed by atoms with Gasteiger partial charge >= 0.3 is 0 Å². The number of benzene rings is 7. The maximum Gasteiger partial charge on any atom is 0.0260 e. The van der Waals surface area contributed by atoms with Gasteiger partial charge in [-0.2, -0.15) is 0 Å². The van der Waals surface area contributed by atoms with Crippen LogP contribution in [-0.4, -0.2) is 0 Å². The normalized spacial score (nSPS) is 11.6. The van der Waals surface area contributed by atoms with Crippen molar-refractivity contribution in [2.45, 2.75) is 0 Å². The maximum atomic E-state index is 3.92. The molecule has 35 heavy (non-hydrogen) atoms. The Bertz CT molecular complexity index is 1760. The summed E-state index contributed by atoms with van der Waals surface area (Å²) in [6.45, 7) is 0. The summed E-state index contributed by atoms with van der Waals surface area (Å²) in [4.78, 5) is 0. The van der Waals surface area contributed by atoms with Gasteiger partial charge in [0.25, 0.3) is 0 Å². The summed E-state index contributed by atoms with van der Waals surface area (Å²) in [7, 11) is 0. The van der Waals surface area contributed by atoms with Crippen molar-refractivity contribution >= 4 is 48.2 Å². The third kappa shape index (κ3) is 3.20. The molecule has 0 nitrogen and oxygen atoms in total. The Kier molecular flexibility index (Phi) is 4.72. The second-order valence-corrected chi connectivity index (χ2v) is 9.90. The van der Waals surface area contributed by atoms with Crippen molar-refractivity contribution in [1.29, 1.82) is 0 Å². The van der Waals surface area contributed by atoms with Crippen LogP contribution in [0.3, 0.4) is 0 Å². The van der Waals surface area contributed by atoms with E-state index in [1.807, 2.05) is 0 Å². The van der Waals surface area contributed by atoms with Crippen LogP contribution in [0.25, 0.3) is 65.7 Å². The van der Waals surface area contributed by atoms with E-state index >= 15 is 0 Å². The van der Waals surface area contributed by atoms with Gasteiger partial charge in [0.1, 0.15) is 0 Å². The minimum atomic E-state index is 1.13. The molecular formula is C34H21Br. The number of hydrogen-bond donors (Lipinski definition) is 0. The summed E-state index contributed by atoms with van der Waals surface area (Å²) in [5.74, 6) is 0. The molecule has 164 valence electrons. The maximum absolute atomic E-state index is 3.92. The first-order valence-corrected chi connectivity index (χ1v) is 12.7. The summed E-state index contributed by atoms with van der Waals surface area (Å²) < 4.78 is 1.13. The predicted octanol–water partition coefficient (Wildman–Crippen LogP) is 10.3. The van der Waals surface area contributed by atoms with E-state index < -0.39 is 0 Å². The summed E-state index contributed by atoms with van der Waals surface area (Å²) in [5.41, 5.74) is 7.51. The zero-order valence-electron chi connectivity index (χ0n) is 19.0. The van der Waals surface area contributed by atoms with Gasteiger partial charge in [0, 0.05) is 4.47 Å². The molecule has 0 spiro atoms. The average molecular weight is 509 g/mol. The molecule has 7 rings (SSSR count). The van der Waals surface area contributed by atoms with Crippen molar-refractivity contribution < 1.29 is 0 Å². The van der Waals surface area contributed by atoms with Gasteiger partial charge in [0.05, 0.1) is 0 Å². The van der Waals surface area contributed by atoms with Crippen LogP contribution < -0.4 is 0 Å². The summed E-state index contributed by atoms with van der Waals surface area (Å²) in [6.07, 6.45) is 0. The topological polar surface area (TPSA) is 0 Å². The fourth-order valence-electron chi connectivity index (χ4n) is 5.52. The quantitative estimate of drug-likeness (QED) is 0.208. The van der Waals surface area contributed by atoms with Gasteiger partial charge in [0.2, 0.25) is 0 Å². The zero-order chi connectivity index (χ0) is 23.4. The Morgan fingerprint density at radius 2 is 0.686 bits per heavy atom. The second kappa shape index (κ2) is 8.08. The molecule has 0 aliphatic heterocycles. The zero-order valence-corrected chi connectivity index (χ0v) is 20.6. The van der Waals surface area contributed by atoms with Crippen LogP contribution >= 0.6 is 15.9 Å². The molecule has 0 atom stereocenters. The minimum absolute atomic E-state index is 1.13. The SMILES string of the molecule is Brc1cc(-c2ccccc2)c2ccc3c(-c4ccccc4)cc(-c4ccccc4)c4ccc1c2c43. The van der Waals surface area contributed by atoms with E-state index in [9.17, 15) is 0 Å². The molecular weight excluding hydrogens is 488 g/mol. The van der Waals surface area contributed by atoms with Crippen molar-refractivity contribution in [3.8, 4) is 33.4 Å². The fourth-order valence-corrected chi connectivity index (χ4v) is 6.08. The van der Waals surface area contributed by atoms with Crippen molar-refractivity contribution in [3.05, 3.63) is 132 Å².